The number of aromatic nitrogens is 2. The fraction of sp³-hybridized carbons (Fsp3) is 0.308. The fourth-order valence-electron chi connectivity index (χ4n) is 1.81. The molecule has 0 atom stereocenters. The zero-order chi connectivity index (χ0) is 14.0. The Morgan fingerprint density at radius 3 is 2.84 bits per heavy atom. The van der Waals surface area contributed by atoms with Crippen LogP contribution in [-0.4, -0.2) is 20.6 Å². The molecule has 2 heterocycles. The summed E-state index contributed by atoms with van der Waals surface area (Å²) in [6, 6.07) is 3.60. The summed E-state index contributed by atoms with van der Waals surface area (Å²) in [4.78, 5) is 27.2. The average molecular weight is 278 g/mol. The zero-order valence-corrected chi connectivity index (χ0v) is 11.5. The van der Waals surface area contributed by atoms with E-state index >= 15 is 0 Å². The number of thiazole rings is 1. The Labute approximate surface area is 114 Å². The van der Waals surface area contributed by atoms with Crippen LogP contribution in [0.2, 0.25) is 0 Å². The zero-order valence-electron chi connectivity index (χ0n) is 10.7. The lowest BCUT2D eigenvalue weighted by Gasteiger charge is -2.04. The van der Waals surface area contributed by atoms with E-state index in [4.69, 9.17) is 5.11 Å². The van der Waals surface area contributed by atoms with Crippen molar-refractivity contribution in [3.05, 3.63) is 49.8 Å². The van der Waals surface area contributed by atoms with Crippen LogP contribution >= 0.6 is 11.3 Å². The Morgan fingerprint density at radius 1 is 1.47 bits per heavy atom. The van der Waals surface area contributed by atoms with Gasteiger partial charge in [-0.2, -0.15) is 0 Å². The predicted octanol–water partition coefficient (Wildman–Crippen LogP) is 1.86. The van der Waals surface area contributed by atoms with E-state index in [9.17, 15) is 9.59 Å². The van der Waals surface area contributed by atoms with E-state index in [1.165, 1.54) is 11.3 Å². The Hall–Kier alpha value is -1.95. The molecule has 2 aromatic rings. The molecule has 0 unspecified atom stereocenters. The minimum atomic E-state index is -0.950. The van der Waals surface area contributed by atoms with Crippen LogP contribution in [-0.2, 0) is 13.0 Å². The highest BCUT2D eigenvalue weighted by molar-refractivity contribution is 7.13. The topological polar surface area (TPSA) is 72.2 Å². The summed E-state index contributed by atoms with van der Waals surface area (Å²) in [5.41, 5.74) is 1.21. The third kappa shape index (κ3) is 2.90. The Bertz CT molecular complexity index is 673. The van der Waals surface area contributed by atoms with E-state index in [-0.39, 0.29) is 10.4 Å². The quantitative estimate of drug-likeness (QED) is 0.926. The number of pyridine rings is 1. The SMILES string of the molecule is Cc1nc(CCn2cccc(C)c2=O)sc1C(=O)O. The van der Waals surface area contributed by atoms with Gasteiger partial charge in [-0.15, -0.1) is 11.3 Å². The lowest BCUT2D eigenvalue weighted by Crippen LogP contribution is -2.22. The number of carbonyl (C=O) groups is 1. The summed E-state index contributed by atoms with van der Waals surface area (Å²) >= 11 is 1.17. The molecule has 0 bridgehead atoms. The molecule has 0 amide bonds. The van der Waals surface area contributed by atoms with Gasteiger partial charge in [-0.05, 0) is 19.9 Å². The van der Waals surface area contributed by atoms with E-state index < -0.39 is 5.97 Å². The van der Waals surface area contributed by atoms with E-state index in [1.54, 1.807) is 30.7 Å². The minimum Gasteiger partial charge on any atom is -0.477 e. The van der Waals surface area contributed by atoms with Crippen molar-refractivity contribution in [1.29, 1.82) is 0 Å². The van der Waals surface area contributed by atoms with E-state index in [1.807, 2.05) is 6.07 Å². The predicted molar refractivity (Wildman–Crippen MR) is 73.0 cm³/mol. The number of hydrogen-bond acceptors (Lipinski definition) is 4. The number of carboxylic acids is 1. The first-order valence-electron chi connectivity index (χ1n) is 5.84. The summed E-state index contributed by atoms with van der Waals surface area (Å²) in [5, 5.41) is 9.70. The van der Waals surface area contributed by atoms with Crippen LogP contribution in [0.15, 0.2) is 23.1 Å². The molecule has 0 spiro atoms. The lowest BCUT2D eigenvalue weighted by molar-refractivity contribution is 0.0701. The molecule has 19 heavy (non-hydrogen) atoms. The van der Waals surface area contributed by atoms with Gasteiger partial charge in [-0.1, -0.05) is 6.07 Å². The number of rotatable bonds is 4. The van der Waals surface area contributed by atoms with Crippen molar-refractivity contribution >= 4 is 17.3 Å². The summed E-state index contributed by atoms with van der Waals surface area (Å²) in [6.45, 7) is 3.96. The molecule has 0 saturated heterocycles. The average Bonchev–Trinajstić information content (AvgIpc) is 2.73. The van der Waals surface area contributed by atoms with Crippen molar-refractivity contribution in [2.75, 3.05) is 0 Å². The first kappa shape index (κ1) is 13.5. The highest BCUT2D eigenvalue weighted by atomic mass is 32.1. The second-order valence-corrected chi connectivity index (χ2v) is 5.35. The largest absolute Gasteiger partial charge is 0.477 e. The van der Waals surface area contributed by atoms with Gasteiger partial charge in [0.1, 0.15) is 4.88 Å². The van der Waals surface area contributed by atoms with Crippen molar-refractivity contribution in [3.8, 4) is 0 Å². The van der Waals surface area contributed by atoms with Crippen LogP contribution in [0.5, 0.6) is 0 Å². The highest BCUT2D eigenvalue weighted by Crippen LogP contribution is 2.18. The van der Waals surface area contributed by atoms with Crippen LogP contribution in [0.1, 0.15) is 25.9 Å². The molecule has 2 rings (SSSR count). The molecule has 5 nitrogen and oxygen atoms in total. The van der Waals surface area contributed by atoms with Gasteiger partial charge >= 0.3 is 5.97 Å². The van der Waals surface area contributed by atoms with Crippen LogP contribution in [0.4, 0.5) is 0 Å². The van der Waals surface area contributed by atoms with Gasteiger partial charge in [-0.25, -0.2) is 9.78 Å². The highest BCUT2D eigenvalue weighted by Gasteiger charge is 2.13. The smallest absolute Gasteiger partial charge is 0.347 e. The van der Waals surface area contributed by atoms with Crippen LogP contribution in [0, 0.1) is 13.8 Å². The van der Waals surface area contributed by atoms with Crippen LogP contribution in [0.3, 0.4) is 0 Å². The maximum absolute atomic E-state index is 11.8. The molecular weight excluding hydrogens is 264 g/mol. The van der Waals surface area contributed by atoms with Crippen molar-refractivity contribution in [1.82, 2.24) is 9.55 Å². The third-order valence-corrected chi connectivity index (χ3v) is 4.02. The van der Waals surface area contributed by atoms with Crippen molar-refractivity contribution in [3.63, 3.8) is 0 Å². The number of aryl methyl sites for hydroxylation is 4. The maximum atomic E-state index is 11.8. The first-order chi connectivity index (χ1) is 8.99. The van der Waals surface area contributed by atoms with Gasteiger partial charge < -0.3 is 9.67 Å². The van der Waals surface area contributed by atoms with Gasteiger partial charge in [0, 0.05) is 24.7 Å². The Balaban J connectivity index is 2.15. The first-order valence-corrected chi connectivity index (χ1v) is 6.66. The summed E-state index contributed by atoms with van der Waals surface area (Å²) < 4.78 is 1.62. The second kappa shape index (κ2) is 5.36. The molecule has 6 heteroatoms. The molecule has 0 aliphatic heterocycles. The monoisotopic (exact) mass is 278 g/mol. The molecule has 0 aliphatic rings. The Kier molecular flexibility index (Phi) is 3.80. The van der Waals surface area contributed by atoms with Crippen LogP contribution < -0.4 is 5.56 Å². The van der Waals surface area contributed by atoms with E-state index in [0.717, 1.165) is 5.01 Å². The summed E-state index contributed by atoms with van der Waals surface area (Å²) in [5.74, 6) is -0.950. The van der Waals surface area contributed by atoms with Crippen LogP contribution in [0.25, 0.3) is 0 Å². The fourth-order valence-corrected chi connectivity index (χ4v) is 2.70. The molecule has 100 valence electrons. The van der Waals surface area contributed by atoms with Crippen molar-refractivity contribution < 1.29 is 9.90 Å². The normalized spacial score (nSPS) is 10.6. The summed E-state index contributed by atoms with van der Waals surface area (Å²) in [6.07, 6.45) is 2.29. The number of carboxylic acid groups (broad SMARTS) is 1. The van der Waals surface area contributed by atoms with Gasteiger partial charge in [0.15, 0.2) is 0 Å². The van der Waals surface area contributed by atoms with E-state index in [2.05, 4.69) is 4.98 Å². The van der Waals surface area contributed by atoms with Gasteiger partial charge in [-0.3, -0.25) is 4.79 Å². The molecule has 0 saturated carbocycles. The molecule has 0 aromatic carbocycles. The van der Waals surface area contributed by atoms with Crippen molar-refractivity contribution in [2.45, 2.75) is 26.8 Å². The lowest BCUT2D eigenvalue weighted by atomic mass is 10.3. The maximum Gasteiger partial charge on any atom is 0.347 e. The summed E-state index contributed by atoms with van der Waals surface area (Å²) in [7, 11) is 0. The number of nitrogens with zero attached hydrogens (tertiary/aromatic N) is 2. The molecular formula is C13H14N2O3S. The van der Waals surface area contributed by atoms with E-state index in [0.29, 0.717) is 24.2 Å². The molecule has 0 radical (unpaired) electrons. The Morgan fingerprint density at radius 2 is 2.21 bits per heavy atom. The standard InChI is InChI=1S/C13H14N2O3S/c1-8-4-3-6-15(12(8)16)7-5-10-14-9(2)11(19-10)13(17)18/h3-4,6H,5,7H2,1-2H3,(H,17,18). The number of aromatic carboxylic acids is 1. The molecule has 0 aliphatic carbocycles. The third-order valence-electron chi connectivity index (χ3n) is 2.81. The second-order valence-electron chi connectivity index (χ2n) is 4.27. The minimum absolute atomic E-state index is 0.0192. The molecule has 1 N–H and O–H groups in total. The van der Waals surface area contributed by atoms with Crippen molar-refractivity contribution in [2.24, 2.45) is 0 Å². The van der Waals surface area contributed by atoms with Gasteiger partial charge in [0.2, 0.25) is 0 Å². The number of hydrogen-bond donors (Lipinski definition) is 1. The molecule has 2 aromatic heterocycles. The molecule has 0 fully saturated rings. The van der Waals surface area contributed by atoms with Gasteiger partial charge in [0.05, 0.1) is 10.7 Å². The van der Waals surface area contributed by atoms with Gasteiger partial charge in [0.25, 0.3) is 5.56 Å².